The van der Waals surface area contributed by atoms with Gasteiger partial charge in [0, 0.05) is 53.0 Å². The highest BCUT2D eigenvalue weighted by molar-refractivity contribution is 7.91. The Hall–Kier alpha value is -4.44. The fourth-order valence-electron chi connectivity index (χ4n) is 7.22. The maximum absolute atomic E-state index is 15.7. The summed E-state index contributed by atoms with van der Waals surface area (Å²) >= 11 is 0. The minimum atomic E-state index is -3.53. The molecule has 2 unspecified atom stereocenters. The average molecular weight is 686 g/mol. The highest BCUT2D eigenvalue weighted by Gasteiger charge is 2.35. The van der Waals surface area contributed by atoms with E-state index in [2.05, 4.69) is 24.0 Å². The van der Waals surface area contributed by atoms with Crippen molar-refractivity contribution in [1.29, 1.82) is 0 Å². The second-order valence-electron chi connectivity index (χ2n) is 14.6. The SMILES string of the molecule is CC(Cc1cccc(C2(C)CCCC(C)(C)CS(=O)(=O)CCc3c(c(F)cc4[nH]ccc34)Oc3cccc(c3)-c3nc2cn3C)c1)C(=O)O. The van der Waals surface area contributed by atoms with Crippen LogP contribution in [0.25, 0.3) is 22.3 Å². The summed E-state index contributed by atoms with van der Waals surface area (Å²) in [4.78, 5) is 19.9. The van der Waals surface area contributed by atoms with Gasteiger partial charge in [-0.05, 0) is 67.3 Å². The Labute approximate surface area is 287 Å². The van der Waals surface area contributed by atoms with Crippen molar-refractivity contribution in [2.45, 2.75) is 65.2 Å². The third kappa shape index (κ3) is 7.29. The topological polar surface area (TPSA) is 114 Å². The van der Waals surface area contributed by atoms with Crippen LogP contribution in [-0.4, -0.2) is 45.5 Å². The largest absolute Gasteiger partial charge is 0.481 e. The van der Waals surface area contributed by atoms with Crippen LogP contribution in [0.3, 0.4) is 0 Å². The van der Waals surface area contributed by atoms with Gasteiger partial charge in [-0.2, -0.15) is 0 Å². The van der Waals surface area contributed by atoms with Crippen molar-refractivity contribution in [3.63, 3.8) is 0 Å². The van der Waals surface area contributed by atoms with E-state index in [-0.39, 0.29) is 23.7 Å². The quantitative estimate of drug-likeness (QED) is 0.197. The molecule has 0 spiro atoms. The Morgan fingerprint density at radius 3 is 2.65 bits per heavy atom. The lowest BCUT2D eigenvalue weighted by Gasteiger charge is -2.32. The van der Waals surface area contributed by atoms with Crippen molar-refractivity contribution >= 4 is 26.7 Å². The van der Waals surface area contributed by atoms with Crippen LogP contribution in [0.2, 0.25) is 0 Å². The summed E-state index contributed by atoms with van der Waals surface area (Å²) < 4.78 is 51.2. The number of benzene rings is 3. The first kappa shape index (κ1) is 34.4. The number of nitrogens with one attached hydrogen (secondary N) is 1. The minimum absolute atomic E-state index is 0.00313. The van der Waals surface area contributed by atoms with E-state index in [9.17, 15) is 18.3 Å². The number of aromatic nitrogens is 3. The van der Waals surface area contributed by atoms with E-state index in [0.717, 1.165) is 40.0 Å². The highest BCUT2D eigenvalue weighted by Crippen LogP contribution is 2.41. The minimum Gasteiger partial charge on any atom is -0.481 e. The number of imidazole rings is 1. The van der Waals surface area contributed by atoms with Gasteiger partial charge in [0.05, 0.1) is 23.1 Å². The zero-order valence-corrected chi connectivity index (χ0v) is 29.5. The Kier molecular flexibility index (Phi) is 9.21. The van der Waals surface area contributed by atoms with Gasteiger partial charge in [0.15, 0.2) is 21.4 Å². The van der Waals surface area contributed by atoms with Crippen LogP contribution in [0, 0.1) is 17.2 Å². The molecule has 10 heteroatoms. The number of aliphatic carboxylic acids is 1. The average Bonchev–Trinajstić information content (AvgIpc) is 3.66. The molecular formula is C39H44FN3O5S. The number of carboxylic acid groups (broad SMARTS) is 1. The molecule has 8 nitrogen and oxygen atoms in total. The van der Waals surface area contributed by atoms with Crippen molar-refractivity contribution in [3.05, 3.63) is 101 Å². The van der Waals surface area contributed by atoms with Crippen molar-refractivity contribution < 1.29 is 27.4 Å². The van der Waals surface area contributed by atoms with Gasteiger partial charge >= 0.3 is 5.97 Å². The van der Waals surface area contributed by atoms with E-state index in [1.165, 1.54) is 6.07 Å². The molecule has 1 aliphatic rings. The van der Waals surface area contributed by atoms with Gasteiger partial charge < -0.3 is 19.4 Å². The summed E-state index contributed by atoms with van der Waals surface area (Å²) in [5, 5.41) is 10.3. The van der Waals surface area contributed by atoms with Gasteiger partial charge in [-0.3, -0.25) is 4.79 Å². The molecule has 0 saturated carbocycles. The van der Waals surface area contributed by atoms with Crippen LogP contribution in [0.1, 0.15) is 69.3 Å². The van der Waals surface area contributed by atoms with E-state index >= 15 is 4.39 Å². The fraction of sp³-hybridized carbons (Fsp3) is 0.385. The lowest BCUT2D eigenvalue weighted by Crippen LogP contribution is -2.29. The molecule has 2 atom stereocenters. The molecule has 2 N–H and O–H groups in total. The second-order valence-corrected chi connectivity index (χ2v) is 16.8. The van der Waals surface area contributed by atoms with E-state index in [1.807, 2.05) is 68.1 Å². The van der Waals surface area contributed by atoms with Gasteiger partial charge in [0.25, 0.3) is 0 Å². The number of H-pyrrole nitrogens is 1. The first-order valence-corrected chi connectivity index (χ1v) is 18.6. The molecule has 0 fully saturated rings. The van der Waals surface area contributed by atoms with Crippen LogP contribution in [0.4, 0.5) is 4.39 Å². The molecule has 0 amide bonds. The molecule has 3 heterocycles. The summed E-state index contributed by atoms with van der Waals surface area (Å²) in [6.45, 7) is 7.84. The summed E-state index contributed by atoms with van der Waals surface area (Å²) in [5.74, 6) is -0.929. The molecule has 0 aliphatic carbocycles. The number of fused-ring (bicyclic) bond motifs is 8. The number of hydrogen-bond acceptors (Lipinski definition) is 5. The van der Waals surface area contributed by atoms with Crippen molar-refractivity contribution in [1.82, 2.24) is 14.5 Å². The zero-order chi connectivity index (χ0) is 35.1. The van der Waals surface area contributed by atoms with Gasteiger partial charge in [0.1, 0.15) is 11.6 Å². The first-order valence-electron chi connectivity index (χ1n) is 16.8. The van der Waals surface area contributed by atoms with Gasteiger partial charge in [-0.15, -0.1) is 0 Å². The smallest absolute Gasteiger partial charge is 0.306 e. The first-order chi connectivity index (χ1) is 23.1. The number of rotatable bonds is 4. The maximum atomic E-state index is 15.7. The van der Waals surface area contributed by atoms with E-state index < -0.39 is 38.4 Å². The van der Waals surface area contributed by atoms with Crippen LogP contribution in [0.5, 0.6) is 11.5 Å². The monoisotopic (exact) mass is 685 g/mol. The second kappa shape index (κ2) is 13.1. The van der Waals surface area contributed by atoms with Crippen molar-refractivity contribution in [3.8, 4) is 22.9 Å². The van der Waals surface area contributed by atoms with Gasteiger partial charge in [-0.1, -0.05) is 63.6 Å². The standard InChI is InChI=1S/C39H44FN3O5S/c1-25(37(44)45)19-26-9-6-11-28(20-26)39(4)16-8-15-38(2,3)24-49(46,47)18-14-31-30-13-17-41-33(30)22-32(40)35(31)48-29-12-7-10-27(21-29)36-42-34(39)23-43(36)5/h6-7,9-13,17,20-23,25,41H,8,14-16,18-19,24H2,1-5H3,(H,44,45). The maximum Gasteiger partial charge on any atom is 0.306 e. The normalized spacial score (nSPS) is 20.0. The predicted molar refractivity (Wildman–Crippen MR) is 190 cm³/mol. The van der Waals surface area contributed by atoms with E-state index in [0.29, 0.717) is 36.1 Å². The molecule has 0 radical (unpaired) electrons. The summed E-state index contributed by atoms with van der Waals surface area (Å²) in [6.07, 6.45) is 6.36. The number of sulfone groups is 1. The van der Waals surface area contributed by atoms with Gasteiger partial charge in [-0.25, -0.2) is 17.8 Å². The number of carbonyl (C=O) groups is 1. The van der Waals surface area contributed by atoms with Crippen LogP contribution >= 0.6 is 0 Å². The molecule has 0 saturated heterocycles. The zero-order valence-electron chi connectivity index (χ0n) is 28.7. The molecule has 1 aliphatic heterocycles. The predicted octanol–water partition coefficient (Wildman–Crippen LogP) is 8.24. The lowest BCUT2D eigenvalue weighted by atomic mass is 9.73. The molecule has 2 aromatic heterocycles. The highest BCUT2D eigenvalue weighted by atomic mass is 32.2. The summed E-state index contributed by atoms with van der Waals surface area (Å²) in [7, 11) is -1.58. The molecule has 6 rings (SSSR count). The van der Waals surface area contributed by atoms with Crippen LogP contribution in [-0.2, 0) is 39.9 Å². The Bertz CT molecular complexity index is 2130. The Morgan fingerprint density at radius 1 is 1.10 bits per heavy atom. The molecule has 49 heavy (non-hydrogen) atoms. The van der Waals surface area contributed by atoms with Crippen molar-refractivity contribution in [2.75, 3.05) is 11.5 Å². The Morgan fingerprint density at radius 2 is 1.88 bits per heavy atom. The summed E-state index contributed by atoms with van der Waals surface area (Å²) in [5.41, 5.74) is 3.61. The van der Waals surface area contributed by atoms with Gasteiger partial charge in [0.2, 0.25) is 0 Å². The van der Waals surface area contributed by atoms with E-state index in [4.69, 9.17) is 9.72 Å². The third-order valence-electron chi connectivity index (χ3n) is 9.95. The number of carboxylic acids is 1. The summed E-state index contributed by atoms with van der Waals surface area (Å²) in [6, 6.07) is 18.6. The molecular weight excluding hydrogens is 642 g/mol. The number of halogens is 1. The number of ether oxygens (including phenoxy) is 1. The molecule has 258 valence electrons. The third-order valence-corrected chi connectivity index (χ3v) is 12.0. The fourth-order valence-corrected chi connectivity index (χ4v) is 9.21. The van der Waals surface area contributed by atoms with E-state index in [1.54, 1.807) is 19.2 Å². The molecule has 4 bridgehead atoms. The van der Waals surface area contributed by atoms with Crippen LogP contribution < -0.4 is 4.74 Å². The lowest BCUT2D eigenvalue weighted by molar-refractivity contribution is -0.141. The van der Waals surface area contributed by atoms with Crippen LogP contribution in [0.15, 0.2) is 73.1 Å². The number of aryl methyl sites for hydroxylation is 2. The number of aromatic amines is 1. The number of nitrogens with zero attached hydrogens (tertiary/aromatic N) is 2. The number of hydrogen-bond donors (Lipinski definition) is 2. The van der Waals surface area contributed by atoms with Crippen molar-refractivity contribution in [2.24, 2.45) is 18.4 Å². The molecule has 3 aromatic carbocycles. The Balaban J connectivity index is 1.47. The molecule has 5 aromatic rings.